The molecule has 3 N–H and O–H groups in total. The first kappa shape index (κ1) is 11.4. The second kappa shape index (κ2) is 5.97. The van der Waals surface area contributed by atoms with Crippen LogP contribution in [0.4, 0.5) is 0 Å². The molecule has 2 unspecified atom stereocenters. The van der Waals surface area contributed by atoms with Crippen molar-refractivity contribution in [3.63, 3.8) is 0 Å². The third-order valence-electron chi connectivity index (χ3n) is 1.77. The Bertz CT molecular complexity index is 139. The van der Waals surface area contributed by atoms with Crippen LogP contribution in [0.15, 0.2) is 0 Å². The number of likely N-dealkylation sites (N-methyl/N-ethyl adjacent to an activating group) is 1. The molecule has 4 heteroatoms. The van der Waals surface area contributed by atoms with Gasteiger partial charge in [-0.05, 0) is 13.3 Å². The maximum absolute atomic E-state index is 11.0. The summed E-state index contributed by atoms with van der Waals surface area (Å²) < 4.78 is 0. The summed E-state index contributed by atoms with van der Waals surface area (Å²) in [4.78, 5) is 11.0. The van der Waals surface area contributed by atoms with E-state index in [1.807, 2.05) is 6.92 Å². The number of aliphatic hydroxyl groups is 1. The lowest BCUT2D eigenvalue weighted by Crippen LogP contribution is -2.43. The number of hydrogen-bond acceptors (Lipinski definition) is 3. The predicted octanol–water partition coefficient (Wildman–Crippen LogP) is -0.519. The standard InChI is InChI=1S/C8H18N2O2/c1-4-7(11)5-10-6(2)8(12)9-3/h6-7,10-11H,4-5H2,1-3H3,(H,9,12). The molecule has 0 aromatic heterocycles. The number of amides is 1. The van der Waals surface area contributed by atoms with E-state index in [0.29, 0.717) is 13.0 Å². The van der Waals surface area contributed by atoms with Gasteiger partial charge in [0.15, 0.2) is 0 Å². The van der Waals surface area contributed by atoms with E-state index in [0.717, 1.165) is 0 Å². The van der Waals surface area contributed by atoms with Crippen molar-refractivity contribution in [2.75, 3.05) is 13.6 Å². The molecular formula is C8H18N2O2. The normalized spacial score (nSPS) is 15.3. The van der Waals surface area contributed by atoms with Gasteiger partial charge in [-0.25, -0.2) is 0 Å². The highest BCUT2D eigenvalue weighted by atomic mass is 16.3. The predicted molar refractivity (Wildman–Crippen MR) is 47.8 cm³/mol. The zero-order valence-corrected chi connectivity index (χ0v) is 7.92. The molecule has 0 saturated heterocycles. The molecule has 0 heterocycles. The first-order valence-corrected chi connectivity index (χ1v) is 4.24. The fourth-order valence-corrected chi connectivity index (χ4v) is 0.766. The molecule has 0 aromatic rings. The Morgan fingerprint density at radius 2 is 2.17 bits per heavy atom. The van der Waals surface area contributed by atoms with Crippen LogP contribution >= 0.6 is 0 Å². The second-order valence-electron chi connectivity index (χ2n) is 2.81. The van der Waals surface area contributed by atoms with Crippen LogP contribution in [0.1, 0.15) is 20.3 Å². The Morgan fingerprint density at radius 3 is 2.58 bits per heavy atom. The maximum atomic E-state index is 11.0. The Hall–Kier alpha value is -0.610. The van der Waals surface area contributed by atoms with Gasteiger partial charge in [0.25, 0.3) is 0 Å². The van der Waals surface area contributed by atoms with E-state index in [1.165, 1.54) is 0 Å². The molecule has 0 saturated carbocycles. The van der Waals surface area contributed by atoms with Gasteiger partial charge in [0, 0.05) is 13.6 Å². The van der Waals surface area contributed by atoms with Crippen molar-refractivity contribution in [1.82, 2.24) is 10.6 Å². The fraction of sp³-hybridized carbons (Fsp3) is 0.875. The van der Waals surface area contributed by atoms with Crippen molar-refractivity contribution in [3.8, 4) is 0 Å². The van der Waals surface area contributed by atoms with Crippen LogP contribution < -0.4 is 10.6 Å². The highest BCUT2D eigenvalue weighted by Crippen LogP contribution is 1.88. The van der Waals surface area contributed by atoms with E-state index in [-0.39, 0.29) is 18.1 Å². The van der Waals surface area contributed by atoms with Crippen molar-refractivity contribution in [2.24, 2.45) is 0 Å². The number of rotatable bonds is 5. The minimum absolute atomic E-state index is 0.0571. The number of carbonyl (C=O) groups excluding carboxylic acids is 1. The number of aliphatic hydroxyl groups excluding tert-OH is 1. The lowest BCUT2D eigenvalue weighted by atomic mass is 10.2. The quantitative estimate of drug-likeness (QED) is 0.525. The van der Waals surface area contributed by atoms with Crippen molar-refractivity contribution < 1.29 is 9.90 Å². The zero-order valence-electron chi connectivity index (χ0n) is 7.92. The first-order chi connectivity index (χ1) is 5.61. The van der Waals surface area contributed by atoms with Gasteiger partial charge in [-0.15, -0.1) is 0 Å². The molecular weight excluding hydrogens is 156 g/mol. The summed E-state index contributed by atoms with van der Waals surface area (Å²) in [5.41, 5.74) is 0. The summed E-state index contributed by atoms with van der Waals surface area (Å²) in [5, 5.41) is 14.6. The Kier molecular flexibility index (Phi) is 5.66. The molecule has 0 aliphatic rings. The smallest absolute Gasteiger partial charge is 0.236 e. The van der Waals surface area contributed by atoms with Crippen LogP contribution in [-0.4, -0.2) is 36.8 Å². The lowest BCUT2D eigenvalue weighted by molar-refractivity contribution is -0.122. The molecule has 1 amide bonds. The van der Waals surface area contributed by atoms with Gasteiger partial charge in [0.2, 0.25) is 5.91 Å². The molecule has 2 atom stereocenters. The highest BCUT2D eigenvalue weighted by Gasteiger charge is 2.10. The lowest BCUT2D eigenvalue weighted by Gasteiger charge is -2.14. The summed E-state index contributed by atoms with van der Waals surface area (Å²) in [6.45, 7) is 4.13. The molecule has 0 aromatic carbocycles. The summed E-state index contributed by atoms with van der Waals surface area (Å²) in [6, 6.07) is -0.240. The molecule has 0 fully saturated rings. The first-order valence-electron chi connectivity index (χ1n) is 4.24. The van der Waals surface area contributed by atoms with Crippen LogP contribution in [-0.2, 0) is 4.79 Å². The molecule has 0 bridgehead atoms. The van der Waals surface area contributed by atoms with Gasteiger partial charge < -0.3 is 15.7 Å². The van der Waals surface area contributed by atoms with Crippen molar-refractivity contribution in [1.29, 1.82) is 0 Å². The Balaban J connectivity index is 3.56. The number of carbonyl (C=O) groups is 1. The van der Waals surface area contributed by atoms with Gasteiger partial charge in [-0.2, -0.15) is 0 Å². The van der Waals surface area contributed by atoms with E-state index < -0.39 is 0 Å². The summed E-state index contributed by atoms with van der Waals surface area (Å²) in [7, 11) is 1.59. The van der Waals surface area contributed by atoms with E-state index in [2.05, 4.69) is 10.6 Å². The van der Waals surface area contributed by atoms with Gasteiger partial charge >= 0.3 is 0 Å². The van der Waals surface area contributed by atoms with Crippen molar-refractivity contribution in [2.45, 2.75) is 32.4 Å². The highest BCUT2D eigenvalue weighted by molar-refractivity contribution is 5.80. The van der Waals surface area contributed by atoms with Crippen LogP contribution in [0.5, 0.6) is 0 Å². The van der Waals surface area contributed by atoms with Crippen molar-refractivity contribution in [3.05, 3.63) is 0 Å². The topological polar surface area (TPSA) is 61.4 Å². The van der Waals surface area contributed by atoms with Gasteiger partial charge in [0.1, 0.15) is 0 Å². The molecule has 12 heavy (non-hydrogen) atoms. The van der Waals surface area contributed by atoms with Crippen molar-refractivity contribution >= 4 is 5.91 Å². The van der Waals surface area contributed by atoms with Gasteiger partial charge in [-0.1, -0.05) is 6.92 Å². The maximum Gasteiger partial charge on any atom is 0.236 e. The second-order valence-corrected chi connectivity index (χ2v) is 2.81. The van der Waals surface area contributed by atoms with Gasteiger partial charge in [0.05, 0.1) is 12.1 Å². The minimum atomic E-state index is -0.364. The Morgan fingerprint density at radius 1 is 1.58 bits per heavy atom. The summed E-state index contributed by atoms with van der Waals surface area (Å²) in [5.74, 6) is -0.0571. The zero-order chi connectivity index (χ0) is 9.56. The molecule has 0 rings (SSSR count). The molecule has 0 aliphatic heterocycles. The molecule has 0 radical (unpaired) electrons. The Labute approximate surface area is 73.3 Å². The molecule has 0 aliphatic carbocycles. The molecule has 0 spiro atoms. The number of nitrogens with one attached hydrogen (secondary N) is 2. The molecule has 72 valence electrons. The monoisotopic (exact) mass is 174 g/mol. The summed E-state index contributed by atoms with van der Waals surface area (Å²) >= 11 is 0. The van der Waals surface area contributed by atoms with E-state index in [9.17, 15) is 4.79 Å². The van der Waals surface area contributed by atoms with E-state index in [1.54, 1.807) is 14.0 Å². The fourth-order valence-electron chi connectivity index (χ4n) is 0.766. The minimum Gasteiger partial charge on any atom is -0.392 e. The van der Waals surface area contributed by atoms with Gasteiger partial charge in [-0.3, -0.25) is 4.79 Å². The van der Waals surface area contributed by atoms with E-state index in [4.69, 9.17) is 5.11 Å². The van der Waals surface area contributed by atoms with E-state index >= 15 is 0 Å². The molecule has 4 nitrogen and oxygen atoms in total. The van der Waals surface area contributed by atoms with Crippen LogP contribution in [0.3, 0.4) is 0 Å². The van der Waals surface area contributed by atoms with Crippen LogP contribution in [0, 0.1) is 0 Å². The largest absolute Gasteiger partial charge is 0.392 e. The average Bonchev–Trinajstić information content (AvgIpc) is 2.11. The third kappa shape index (κ3) is 4.31. The average molecular weight is 174 g/mol. The van der Waals surface area contributed by atoms with Crippen LogP contribution in [0.25, 0.3) is 0 Å². The van der Waals surface area contributed by atoms with Crippen LogP contribution in [0.2, 0.25) is 0 Å². The number of hydrogen-bond donors (Lipinski definition) is 3. The summed E-state index contributed by atoms with van der Waals surface area (Å²) in [6.07, 6.45) is 0.338. The third-order valence-corrected chi connectivity index (χ3v) is 1.77. The SMILES string of the molecule is CCC(O)CNC(C)C(=O)NC.